The molecular formula is C19H11Cl3F6N2O2. The highest BCUT2D eigenvalue weighted by Crippen LogP contribution is 2.65. The number of anilines is 1. The zero-order chi connectivity index (χ0) is 24.0. The molecule has 1 aliphatic carbocycles. The van der Waals surface area contributed by atoms with Gasteiger partial charge < -0.3 is 10.6 Å². The van der Waals surface area contributed by atoms with E-state index in [1.807, 2.05) is 0 Å². The Kier molecular flexibility index (Phi) is 6.61. The van der Waals surface area contributed by atoms with E-state index in [0.717, 1.165) is 12.1 Å². The summed E-state index contributed by atoms with van der Waals surface area (Å²) in [5, 5.41) is 3.20. The van der Waals surface area contributed by atoms with Crippen LogP contribution in [0.3, 0.4) is 0 Å². The molecule has 2 amide bonds. The van der Waals surface area contributed by atoms with Crippen molar-refractivity contribution in [3.63, 3.8) is 0 Å². The quantitative estimate of drug-likeness (QED) is 0.401. The van der Waals surface area contributed by atoms with Gasteiger partial charge in [0.1, 0.15) is 28.1 Å². The van der Waals surface area contributed by atoms with Crippen molar-refractivity contribution in [1.82, 2.24) is 5.32 Å². The van der Waals surface area contributed by atoms with E-state index < -0.39 is 69.4 Å². The van der Waals surface area contributed by atoms with Crippen LogP contribution in [-0.4, -0.2) is 28.9 Å². The van der Waals surface area contributed by atoms with E-state index >= 15 is 0 Å². The smallest absolute Gasteiger partial charge is 0.343 e. The Bertz CT molecular complexity index is 1090. The topological polar surface area (TPSA) is 58.2 Å². The summed E-state index contributed by atoms with van der Waals surface area (Å²) in [5.41, 5.74) is -1.67. The van der Waals surface area contributed by atoms with Crippen molar-refractivity contribution in [1.29, 1.82) is 0 Å². The second kappa shape index (κ2) is 8.64. The van der Waals surface area contributed by atoms with E-state index in [9.17, 15) is 35.9 Å². The van der Waals surface area contributed by atoms with Crippen LogP contribution in [0.15, 0.2) is 30.3 Å². The maximum atomic E-state index is 14.6. The first-order valence-corrected chi connectivity index (χ1v) is 9.84. The number of carbonyl (C=O) groups excluding carboxylic acids is 2. The molecule has 1 aliphatic rings. The summed E-state index contributed by atoms with van der Waals surface area (Å²) >= 11 is 18.0. The van der Waals surface area contributed by atoms with E-state index in [0.29, 0.717) is 11.6 Å². The van der Waals surface area contributed by atoms with Crippen LogP contribution in [0.5, 0.6) is 0 Å². The highest BCUT2D eigenvalue weighted by molar-refractivity contribution is 6.53. The maximum absolute atomic E-state index is 14.6. The molecule has 32 heavy (non-hydrogen) atoms. The number of rotatable bonds is 5. The lowest BCUT2D eigenvalue weighted by molar-refractivity contribution is -0.123. The lowest BCUT2D eigenvalue weighted by Crippen LogP contribution is -2.34. The molecule has 172 valence electrons. The van der Waals surface area contributed by atoms with Crippen molar-refractivity contribution in [2.45, 2.75) is 16.4 Å². The Morgan fingerprint density at radius 1 is 1.03 bits per heavy atom. The van der Waals surface area contributed by atoms with Gasteiger partial charge in [-0.3, -0.25) is 9.59 Å². The molecule has 0 unspecified atom stereocenters. The Balaban J connectivity index is 1.81. The van der Waals surface area contributed by atoms with Crippen LogP contribution in [-0.2, 0) is 4.79 Å². The third-order valence-electron chi connectivity index (χ3n) is 4.66. The second-order valence-corrected chi connectivity index (χ2v) is 8.73. The van der Waals surface area contributed by atoms with Crippen molar-refractivity contribution in [2.75, 3.05) is 11.9 Å². The summed E-state index contributed by atoms with van der Waals surface area (Å²) in [6.45, 7) is -1.81. The van der Waals surface area contributed by atoms with Gasteiger partial charge in [-0.25, -0.2) is 13.2 Å². The fraction of sp³-hybridized carbons (Fsp3) is 0.263. The van der Waals surface area contributed by atoms with E-state index in [1.165, 1.54) is 17.4 Å². The molecule has 0 saturated heterocycles. The van der Waals surface area contributed by atoms with Crippen molar-refractivity contribution < 1.29 is 35.9 Å². The molecule has 4 nitrogen and oxygen atoms in total. The van der Waals surface area contributed by atoms with Crippen LogP contribution in [0.4, 0.5) is 32.0 Å². The highest BCUT2D eigenvalue weighted by Gasteiger charge is 2.67. The summed E-state index contributed by atoms with van der Waals surface area (Å²) in [5.74, 6) is -8.32. The average molecular weight is 520 g/mol. The number of amides is 2. The molecule has 0 radical (unpaired) electrons. The standard InChI is InChI=1S/C19H11Cl3F6N2O2/c20-8-5-7(1-2-9(8)23)13-14(19(13,21)22)17(32)30-11-4-3-10(24)12(15(11)25)16(31)29-6-18(26,27)28/h1-5,13-14H,6H2,(H,29,31)(H,30,32)/t13-,14+/m0/s1. The number of carbonyl (C=O) groups is 2. The van der Waals surface area contributed by atoms with Gasteiger partial charge in [-0.2, -0.15) is 13.2 Å². The minimum absolute atomic E-state index is 0.239. The fourth-order valence-electron chi connectivity index (χ4n) is 3.11. The molecule has 2 aromatic carbocycles. The van der Waals surface area contributed by atoms with Crippen molar-refractivity contribution in [3.8, 4) is 0 Å². The summed E-state index contributed by atoms with van der Waals surface area (Å²) in [4.78, 5) is 24.4. The van der Waals surface area contributed by atoms with Gasteiger partial charge in [-0.1, -0.05) is 17.7 Å². The predicted octanol–water partition coefficient (Wildman–Crippen LogP) is 5.58. The van der Waals surface area contributed by atoms with Crippen LogP contribution >= 0.6 is 34.8 Å². The number of halogens is 9. The first kappa shape index (κ1) is 24.5. The van der Waals surface area contributed by atoms with Crippen LogP contribution in [0.25, 0.3) is 0 Å². The number of hydrogen-bond acceptors (Lipinski definition) is 2. The van der Waals surface area contributed by atoms with Crippen molar-refractivity contribution in [2.24, 2.45) is 5.92 Å². The lowest BCUT2D eigenvalue weighted by Gasteiger charge is -2.12. The maximum Gasteiger partial charge on any atom is 0.405 e. The molecule has 2 atom stereocenters. The van der Waals surface area contributed by atoms with Crippen LogP contribution in [0.1, 0.15) is 21.8 Å². The predicted molar refractivity (Wildman–Crippen MR) is 105 cm³/mol. The zero-order valence-electron chi connectivity index (χ0n) is 15.5. The van der Waals surface area contributed by atoms with Gasteiger partial charge in [0.2, 0.25) is 5.91 Å². The van der Waals surface area contributed by atoms with Gasteiger partial charge in [0.15, 0.2) is 5.82 Å². The largest absolute Gasteiger partial charge is 0.405 e. The van der Waals surface area contributed by atoms with E-state index in [1.54, 1.807) is 0 Å². The average Bonchev–Trinajstić information content (AvgIpc) is 3.26. The Morgan fingerprint density at radius 2 is 1.66 bits per heavy atom. The van der Waals surface area contributed by atoms with Crippen LogP contribution in [0.2, 0.25) is 5.02 Å². The molecule has 0 heterocycles. The fourth-order valence-corrected chi connectivity index (χ4v) is 4.13. The van der Waals surface area contributed by atoms with Gasteiger partial charge in [0.25, 0.3) is 5.91 Å². The van der Waals surface area contributed by atoms with Gasteiger partial charge in [-0.15, -0.1) is 23.2 Å². The van der Waals surface area contributed by atoms with Gasteiger partial charge in [0, 0.05) is 5.92 Å². The third kappa shape index (κ3) is 4.92. The normalized spacial score (nSPS) is 19.4. The number of benzene rings is 2. The SMILES string of the molecule is O=C(NCC(F)(F)F)c1c(F)ccc(NC(=O)[C@H]2[C@H](c3ccc(F)c(Cl)c3)C2(Cl)Cl)c1F. The Morgan fingerprint density at radius 3 is 2.25 bits per heavy atom. The molecule has 0 aliphatic heterocycles. The van der Waals surface area contributed by atoms with Crippen molar-refractivity contribution >= 4 is 52.3 Å². The summed E-state index contributed by atoms with van der Waals surface area (Å²) in [6.07, 6.45) is -4.80. The first-order valence-electron chi connectivity index (χ1n) is 8.70. The number of hydrogen-bond donors (Lipinski definition) is 2. The van der Waals surface area contributed by atoms with Crippen molar-refractivity contribution in [3.05, 3.63) is 63.9 Å². The summed E-state index contributed by atoms with van der Waals surface area (Å²) in [7, 11) is 0. The molecule has 0 bridgehead atoms. The lowest BCUT2D eigenvalue weighted by atomic mass is 10.1. The number of nitrogens with one attached hydrogen (secondary N) is 2. The first-order chi connectivity index (χ1) is 14.7. The van der Waals surface area contributed by atoms with Gasteiger partial charge >= 0.3 is 6.18 Å². The minimum atomic E-state index is -4.80. The molecule has 1 fully saturated rings. The number of alkyl halides is 5. The minimum Gasteiger partial charge on any atom is -0.343 e. The summed E-state index contributed by atoms with van der Waals surface area (Å²) in [6, 6.07) is 4.94. The molecule has 13 heteroatoms. The van der Waals surface area contributed by atoms with Crippen LogP contribution in [0, 0.1) is 23.4 Å². The molecule has 0 spiro atoms. The molecule has 3 rings (SSSR count). The molecule has 2 aromatic rings. The molecule has 1 saturated carbocycles. The second-order valence-electron chi connectivity index (χ2n) is 6.87. The van der Waals surface area contributed by atoms with E-state index in [2.05, 4.69) is 5.32 Å². The summed E-state index contributed by atoms with van der Waals surface area (Å²) < 4.78 is 77.0. The van der Waals surface area contributed by atoms with E-state index in [-0.39, 0.29) is 5.02 Å². The molecule has 2 N–H and O–H groups in total. The zero-order valence-corrected chi connectivity index (χ0v) is 17.7. The highest BCUT2D eigenvalue weighted by atomic mass is 35.5. The van der Waals surface area contributed by atoms with Crippen LogP contribution < -0.4 is 10.6 Å². The third-order valence-corrected chi connectivity index (χ3v) is 5.89. The molecule has 0 aromatic heterocycles. The van der Waals surface area contributed by atoms with E-state index in [4.69, 9.17) is 34.8 Å². The van der Waals surface area contributed by atoms with Gasteiger partial charge in [0.05, 0.1) is 16.6 Å². The monoisotopic (exact) mass is 518 g/mol. The Hall–Kier alpha value is -2.17. The molecular weight excluding hydrogens is 509 g/mol. The Labute approximate surface area is 191 Å². The van der Waals surface area contributed by atoms with Gasteiger partial charge in [-0.05, 0) is 29.8 Å².